The number of ketones is 1. The van der Waals surface area contributed by atoms with Crippen molar-refractivity contribution in [2.75, 3.05) is 25.0 Å². The molecule has 3 heterocycles. The molecular weight excluding hydrogens is 670 g/mol. The average Bonchev–Trinajstić information content (AvgIpc) is 3.51. The number of imidazole rings is 1. The summed E-state index contributed by atoms with van der Waals surface area (Å²) in [7, 11) is 0. The number of hydrogen-bond donors (Lipinski definition) is 4. The number of hydrogen-bond acceptors (Lipinski definition) is 7. The van der Waals surface area contributed by atoms with Crippen LogP contribution in [0, 0.1) is 5.92 Å². The number of rotatable bonds is 11. The molecule has 5 aromatic rings. The molecule has 5 atom stereocenters. The molecule has 0 radical (unpaired) electrons. The van der Waals surface area contributed by atoms with Gasteiger partial charge < -0.3 is 35.1 Å². The number of amides is 2. The van der Waals surface area contributed by atoms with Gasteiger partial charge in [0.25, 0.3) is 0 Å². The van der Waals surface area contributed by atoms with Crippen LogP contribution in [0.15, 0.2) is 108 Å². The van der Waals surface area contributed by atoms with E-state index >= 15 is 0 Å². The number of carbonyl (C=O) groups excluding carboxylic acids is 2. The fourth-order valence-corrected chi connectivity index (χ4v) is 7.61. The molecule has 1 unspecified atom stereocenters. The maximum Gasteiger partial charge on any atom is 0.326 e. The van der Waals surface area contributed by atoms with E-state index in [-0.39, 0.29) is 42.2 Å². The number of H-pyrrole nitrogens is 1. The Hall–Kier alpha value is -5.07. The number of ether oxygens (including phenoxy) is 2. The second kappa shape index (κ2) is 16.3. The zero-order chi connectivity index (χ0) is 36.9. The smallest absolute Gasteiger partial charge is 0.326 e. The summed E-state index contributed by atoms with van der Waals surface area (Å²) >= 11 is 0. The first-order valence-corrected chi connectivity index (χ1v) is 18.4. The molecule has 0 saturated carbocycles. The van der Waals surface area contributed by atoms with Gasteiger partial charge in [0.2, 0.25) is 0 Å². The van der Waals surface area contributed by atoms with Gasteiger partial charge in [0.1, 0.15) is 0 Å². The number of aliphatic hydroxyl groups excluding tert-OH is 1. The number of likely N-dealkylation sites (tertiary alicyclic amines) is 1. The lowest BCUT2D eigenvalue weighted by Crippen LogP contribution is -2.47. The van der Waals surface area contributed by atoms with Crippen LogP contribution < -0.4 is 16.3 Å². The lowest BCUT2D eigenvalue weighted by Gasteiger charge is -2.44. The summed E-state index contributed by atoms with van der Waals surface area (Å²) in [6, 6.07) is 31.6. The van der Waals surface area contributed by atoms with Crippen LogP contribution in [0.2, 0.25) is 0 Å². The van der Waals surface area contributed by atoms with Gasteiger partial charge in [-0.1, -0.05) is 85.8 Å². The molecule has 7 rings (SSSR count). The van der Waals surface area contributed by atoms with Crippen LogP contribution in [0.1, 0.15) is 67.4 Å². The Morgan fingerprint density at radius 2 is 1.62 bits per heavy atom. The van der Waals surface area contributed by atoms with Crippen molar-refractivity contribution < 1.29 is 24.2 Å². The first-order valence-electron chi connectivity index (χ1n) is 18.4. The van der Waals surface area contributed by atoms with E-state index in [1.54, 1.807) is 6.07 Å². The van der Waals surface area contributed by atoms with E-state index in [4.69, 9.17) is 9.47 Å². The predicted molar refractivity (Wildman–Crippen MR) is 203 cm³/mol. The summed E-state index contributed by atoms with van der Waals surface area (Å²) in [5.41, 5.74) is 5.81. The molecule has 11 heteroatoms. The molecule has 4 aromatic carbocycles. The molecule has 2 aliphatic rings. The zero-order valence-corrected chi connectivity index (χ0v) is 30.1. The Balaban J connectivity index is 1.06. The highest BCUT2D eigenvalue weighted by atomic mass is 16.7. The molecule has 276 valence electrons. The number of benzene rings is 4. The van der Waals surface area contributed by atoms with Crippen molar-refractivity contribution in [3.63, 3.8) is 0 Å². The first-order chi connectivity index (χ1) is 25.7. The second-order valence-corrected chi connectivity index (χ2v) is 14.2. The van der Waals surface area contributed by atoms with Gasteiger partial charge in [-0.2, -0.15) is 0 Å². The van der Waals surface area contributed by atoms with Crippen molar-refractivity contribution >= 4 is 28.5 Å². The number of carbonyl (C=O) groups is 2. The lowest BCUT2D eigenvalue weighted by atomic mass is 9.89. The maximum atomic E-state index is 13.1. The van der Waals surface area contributed by atoms with Gasteiger partial charge in [0, 0.05) is 42.8 Å². The highest BCUT2D eigenvalue weighted by Crippen LogP contribution is 2.42. The van der Waals surface area contributed by atoms with Crippen LogP contribution >= 0.6 is 0 Å². The molecule has 2 saturated heterocycles. The number of nitrogens with zero attached hydrogens (tertiary/aromatic N) is 2. The van der Waals surface area contributed by atoms with Crippen molar-refractivity contribution in [3.8, 4) is 0 Å². The van der Waals surface area contributed by atoms with Gasteiger partial charge in [-0.05, 0) is 67.1 Å². The second-order valence-electron chi connectivity index (χ2n) is 14.2. The van der Waals surface area contributed by atoms with E-state index in [9.17, 15) is 19.5 Å². The minimum atomic E-state index is -0.714. The monoisotopic (exact) mass is 717 g/mol. The van der Waals surface area contributed by atoms with Crippen molar-refractivity contribution in [1.82, 2.24) is 19.8 Å². The van der Waals surface area contributed by atoms with Crippen LogP contribution in [-0.4, -0.2) is 63.2 Å². The van der Waals surface area contributed by atoms with E-state index in [0.717, 1.165) is 59.2 Å². The number of anilines is 1. The van der Waals surface area contributed by atoms with Crippen LogP contribution in [0.4, 0.5) is 10.5 Å². The number of urea groups is 1. The number of para-hydroxylation sites is 2. The van der Waals surface area contributed by atoms with Crippen LogP contribution in [0.25, 0.3) is 11.0 Å². The van der Waals surface area contributed by atoms with Crippen LogP contribution in [-0.2, 0) is 27.3 Å². The molecule has 11 nitrogen and oxygen atoms in total. The Labute approximate surface area is 308 Å². The standard InChI is InChI=1S/C42H47N5O6/c1-27-38(25-46-21-19-34(20-22-46)47-37-14-7-6-13-35(37)45-42(47)51)52-40(53-39(27)31-17-15-30(26-48)16-18-31)32-11-8-12-33(24-32)43-41(50)44-36(28(2)49)23-29-9-4-3-5-10-29/h3-18,24,27,34,36,38-40,48H,19-23,25-26H2,1-2H3,(H,45,51)(H2,43,44,50)/t27-,36+,38+,39+,40?/m0/s1. The van der Waals surface area contributed by atoms with Crippen molar-refractivity contribution in [2.24, 2.45) is 5.92 Å². The Bertz CT molecular complexity index is 2070. The van der Waals surface area contributed by atoms with E-state index in [0.29, 0.717) is 18.7 Å². The van der Waals surface area contributed by atoms with Crippen molar-refractivity contribution in [1.29, 1.82) is 0 Å². The van der Waals surface area contributed by atoms with Gasteiger partial charge in [-0.3, -0.25) is 9.36 Å². The van der Waals surface area contributed by atoms with E-state index in [1.807, 2.05) is 102 Å². The normalized spacial score (nSPS) is 21.6. The molecule has 0 aliphatic carbocycles. The van der Waals surface area contributed by atoms with E-state index < -0.39 is 18.4 Å². The van der Waals surface area contributed by atoms with Gasteiger partial charge in [-0.25, -0.2) is 9.59 Å². The highest BCUT2D eigenvalue weighted by molar-refractivity contribution is 5.93. The number of piperidine rings is 1. The first kappa shape index (κ1) is 36.3. The SMILES string of the molecule is CC(=O)[C@@H](Cc1ccccc1)NC(=O)Nc1cccc(C2O[C@H](CN3CCC(n4c(=O)[nH]c5ccccc54)CC3)[C@H](C)[C@H](c3ccc(CO)cc3)O2)c1. The Kier molecular flexibility index (Phi) is 11.2. The summed E-state index contributed by atoms with van der Waals surface area (Å²) < 4.78 is 15.3. The van der Waals surface area contributed by atoms with Crippen molar-refractivity contribution in [2.45, 2.75) is 70.3 Å². The summed E-state index contributed by atoms with van der Waals surface area (Å²) in [4.78, 5) is 43.8. The van der Waals surface area contributed by atoms with Crippen LogP contribution in [0.3, 0.4) is 0 Å². The molecule has 2 amide bonds. The maximum absolute atomic E-state index is 13.1. The molecule has 2 aliphatic heterocycles. The molecule has 2 fully saturated rings. The largest absolute Gasteiger partial charge is 0.392 e. The average molecular weight is 718 g/mol. The minimum absolute atomic E-state index is 0.000371. The van der Waals surface area contributed by atoms with Gasteiger partial charge in [0.15, 0.2) is 12.1 Å². The van der Waals surface area contributed by atoms with E-state index in [2.05, 4.69) is 27.4 Å². The predicted octanol–water partition coefficient (Wildman–Crippen LogP) is 6.27. The summed E-state index contributed by atoms with van der Waals surface area (Å²) in [5.74, 6) is -0.128. The summed E-state index contributed by atoms with van der Waals surface area (Å²) in [6.07, 6.45) is 0.906. The number of Topliss-reactive ketones (excluding diaryl/α,β-unsaturated/α-hetero) is 1. The summed E-state index contributed by atoms with van der Waals surface area (Å²) in [5, 5.41) is 15.4. The lowest BCUT2D eigenvalue weighted by molar-refractivity contribution is -0.276. The van der Waals surface area contributed by atoms with Crippen molar-refractivity contribution in [3.05, 3.63) is 136 Å². The molecular formula is C42H47N5O6. The minimum Gasteiger partial charge on any atom is -0.392 e. The third kappa shape index (κ3) is 8.44. The van der Waals surface area contributed by atoms with Gasteiger partial charge >= 0.3 is 11.7 Å². The number of aliphatic hydroxyl groups is 1. The Morgan fingerprint density at radius 3 is 2.36 bits per heavy atom. The molecule has 1 aromatic heterocycles. The van der Waals surface area contributed by atoms with E-state index in [1.165, 1.54) is 6.92 Å². The number of aromatic nitrogens is 2. The third-order valence-corrected chi connectivity index (χ3v) is 10.6. The van der Waals surface area contributed by atoms with Gasteiger partial charge in [0.05, 0.1) is 35.9 Å². The summed E-state index contributed by atoms with van der Waals surface area (Å²) in [6.45, 7) is 5.92. The third-order valence-electron chi connectivity index (χ3n) is 10.6. The quantitative estimate of drug-likeness (QED) is 0.126. The number of aromatic amines is 1. The van der Waals surface area contributed by atoms with Crippen LogP contribution in [0.5, 0.6) is 0 Å². The number of nitrogens with one attached hydrogen (secondary N) is 3. The Morgan fingerprint density at radius 1 is 0.887 bits per heavy atom. The number of fused-ring (bicyclic) bond motifs is 1. The molecule has 53 heavy (non-hydrogen) atoms. The zero-order valence-electron chi connectivity index (χ0n) is 30.1. The fourth-order valence-electron chi connectivity index (χ4n) is 7.61. The van der Waals surface area contributed by atoms with Gasteiger partial charge in [-0.15, -0.1) is 0 Å². The fraction of sp³-hybridized carbons (Fsp3) is 0.357. The molecule has 0 spiro atoms. The molecule has 4 N–H and O–H groups in total. The highest BCUT2D eigenvalue weighted by Gasteiger charge is 2.40. The topological polar surface area (TPSA) is 138 Å². The molecule has 0 bridgehead atoms.